The van der Waals surface area contributed by atoms with E-state index in [2.05, 4.69) is 0 Å². The van der Waals surface area contributed by atoms with Crippen molar-refractivity contribution in [1.29, 1.82) is 0 Å². The number of alkyl halides is 3. The minimum absolute atomic E-state index is 0.318. The first kappa shape index (κ1) is 15.8. The van der Waals surface area contributed by atoms with E-state index in [0.29, 0.717) is 25.6 Å². The van der Waals surface area contributed by atoms with Crippen LogP contribution in [0, 0.1) is 0 Å². The smallest absolute Gasteiger partial charge is 0.416 e. The van der Waals surface area contributed by atoms with E-state index in [0.717, 1.165) is 18.7 Å². The Labute approximate surface area is 110 Å². The molecule has 0 amide bonds. The van der Waals surface area contributed by atoms with Crippen molar-refractivity contribution in [3.05, 3.63) is 29.8 Å². The number of nitrogens with zero attached hydrogens (tertiary/aromatic N) is 1. The van der Waals surface area contributed by atoms with Crippen LogP contribution in [0.2, 0.25) is 0 Å². The van der Waals surface area contributed by atoms with E-state index in [-0.39, 0.29) is 0 Å². The third kappa shape index (κ3) is 6.45. The second-order valence-electron chi connectivity index (χ2n) is 4.29. The average molecular weight is 277 g/mol. The Morgan fingerprint density at radius 3 is 2.16 bits per heavy atom. The molecule has 1 aromatic rings. The van der Waals surface area contributed by atoms with Crippen LogP contribution in [0.25, 0.3) is 0 Å². The lowest BCUT2D eigenvalue weighted by Gasteiger charge is -2.11. The van der Waals surface area contributed by atoms with Gasteiger partial charge in [0.25, 0.3) is 0 Å². The van der Waals surface area contributed by atoms with Crippen molar-refractivity contribution in [3.63, 3.8) is 0 Å². The van der Waals surface area contributed by atoms with Gasteiger partial charge in [-0.15, -0.1) is 0 Å². The van der Waals surface area contributed by atoms with Gasteiger partial charge in [-0.2, -0.15) is 13.2 Å². The van der Waals surface area contributed by atoms with Crippen molar-refractivity contribution in [3.8, 4) is 5.75 Å². The van der Waals surface area contributed by atoms with E-state index in [4.69, 9.17) is 9.47 Å². The van der Waals surface area contributed by atoms with Gasteiger partial charge >= 0.3 is 6.18 Å². The summed E-state index contributed by atoms with van der Waals surface area (Å²) in [7, 11) is 3.89. The van der Waals surface area contributed by atoms with E-state index in [1.807, 2.05) is 19.0 Å². The van der Waals surface area contributed by atoms with Gasteiger partial charge in [-0.1, -0.05) is 0 Å². The summed E-state index contributed by atoms with van der Waals surface area (Å²) in [6, 6.07) is 4.62. The predicted octanol–water partition coefficient (Wildman–Crippen LogP) is 2.66. The molecule has 0 atom stereocenters. The molecule has 3 nitrogen and oxygen atoms in total. The number of ether oxygens (including phenoxy) is 2. The molecule has 0 spiro atoms. The third-order valence-corrected chi connectivity index (χ3v) is 2.36. The topological polar surface area (TPSA) is 21.7 Å². The molecule has 0 aliphatic carbocycles. The molecule has 1 rings (SSSR count). The van der Waals surface area contributed by atoms with E-state index in [9.17, 15) is 13.2 Å². The summed E-state index contributed by atoms with van der Waals surface area (Å²) in [5.41, 5.74) is -0.679. The van der Waals surface area contributed by atoms with E-state index >= 15 is 0 Å². The van der Waals surface area contributed by atoms with E-state index < -0.39 is 11.7 Å². The summed E-state index contributed by atoms with van der Waals surface area (Å²) in [5.74, 6) is 0.407. The molecule has 0 heterocycles. The maximum Gasteiger partial charge on any atom is 0.416 e. The summed E-state index contributed by atoms with van der Waals surface area (Å²) in [4.78, 5) is 2.00. The Balaban J connectivity index is 2.23. The maximum absolute atomic E-state index is 12.3. The highest BCUT2D eigenvalue weighted by molar-refractivity contribution is 5.28. The van der Waals surface area contributed by atoms with Crippen molar-refractivity contribution in [1.82, 2.24) is 4.90 Å². The van der Waals surface area contributed by atoms with Crippen LogP contribution in [-0.4, -0.2) is 45.4 Å². The highest BCUT2D eigenvalue weighted by Crippen LogP contribution is 2.30. The molecule has 0 aromatic heterocycles. The van der Waals surface area contributed by atoms with Gasteiger partial charge in [0.15, 0.2) is 0 Å². The Bertz CT molecular complexity index is 363. The number of benzene rings is 1. The van der Waals surface area contributed by atoms with Crippen LogP contribution in [0.5, 0.6) is 5.75 Å². The molecular formula is C13H18F3NO2. The van der Waals surface area contributed by atoms with Gasteiger partial charge < -0.3 is 14.4 Å². The van der Waals surface area contributed by atoms with Crippen molar-refractivity contribution in [2.75, 3.05) is 40.5 Å². The molecular weight excluding hydrogens is 259 g/mol. The van der Waals surface area contributed by atoms with Crippen LogP contribution < -0.4 is 4.74 Å². The van der Waals surface area contributed by atoms with Gasteiger partial charge in [0.05, 0.1) is 18.8 Å². The molecule has 1 aromatic carbocycles. The summed E-state index contributed by atoms with van der Waals surface area (Å²) in [5, 5.41) is 0. The second kappa shape index (κ2) is 7.35. The summed E-state index contributed by atoms with van der Waals surface area (Å²) in [6.45, 7) is 2.15. The fourth-order valence-electron chi connectivity index (χ4n) is 1.31. The zero-order valence-corrected chi connectivity index (χ0v) is 11.0. The van der Waals surface area contributed by atoms with Crippen LogP contribution in [0.15, 0.2) is 24.3 Å². The standard InChI is InChI=1S/C13H18F3NO2/c1-17(2)7-8-18-9-10-19-12-5-3-11(4-6-12)13(14,15)16/h3-6H,7-10H2,1-2H3. The van der Waals surface area contributed by atoms with Gasteiger partial charge in [0, 0.05) is 6.54 Å². The molecule has 108 valence electrons. The van der Waals surface area contributed by atoms with Crippen molar-refractivity contribution < 1.29 is 22.6 Å². The first-order chi connectivity index (χ1) is 8.89. The molecule has 0 aliphatic rings. The summed E-state index contributed by atoms with van der Waals surface area (Å²) >= 11 is 0. The lowest BCUT2D eigenvalue weighted by atomic mass is 10.2. The number of rotatable bonds is 7. The first-order valence-corrected chi connectivity index (χ1v) is 5.92. The molecule has 0 fully saturated rings. The molecule has 0 saturated carbocycles. The predicted molar refractivity (Wildman–Crippen MR) is 66.3 cm³/mol. The number of hydrogen-bond donors (Lipinski definition) is 0. The maximum atomic E-state index is 12.3. The van der Waals surface area contributed by atoms with Crippen LogP contribution in [0.1, 0.15) is 5.56 Å². The van der Waals surface area contributed by atoms with Gasteiger partial charge in [0.1, 0.15) is 12.4 Å². The minimum atomic E-state index is -4.31. The van der Waals surface area contributed by atoms with Crippen molar-refractivity contribution >= 4 is 0 Å². The Morgan fingerprint density at radius 1 is 1.00 bits per heavy atom. The third-order valence-electron chi connectivity index (χ3n) is 2.36. The van der Waals surface area contributed by atoms with Gasteiger partial charge in [-0.25, -0.2) is 0 Å². The Kier molecular flexibility index (Phi) is 6.11. The van der Waals surface area contributed by atoms with Crippen molar-refractivity contribution in [2.45, 2.75) is 6.18 Å². The van der Waals surface area contributed by atoms with E-state index in [1.165, 1.54) is 12.1 Å². The number of hydrogen-bond acceptors (Lipinski definition) is 3. The zero-order chi connectivity index (χ0) is 14.3. The Hall–Kier alpha value is -1.27. The highest BCUT2D eigenvalue weighted by atomic mass is 19.4. The SMILES string of the molecule is CN(C)CCOCCOc1ccc(C(F)(F)F)cc1. The molecule has 0 saturated heterocycles. The molecule has 0 aliphatic heterocycles. The molecule has 0 unspecified atom stereocenters. The summed E-state index contributed by atoms with van der Waals surface area (Å²) in [6.07, 6.45) is -4.31. The van der Waals surface area contributed by atoms with Gasteiger partial charge in [-0.05, 0) is 38.4 Å². The molecule has 0 radical (unpaired) electrons. The summed E-state index contributed by atoms with van der Waals surface area (Å²) < 4.78 is 47.5. The molecule has 0 N–H and O–H groups in total. The largest absolute Gasteiger partial charge is 0.491 e. The first-order valence-electron chi connectivity index (χ1n) is 5.92. The van der Waals surface area contributed by atoms with Gasteiger partial charge in [0.2, 0.25) is 0 Å². The molecule has 19 heavy (non-hydrogen) atoms. The van der Waals surface area contributed by atoms with Crippen LogP contribution in [0.4, 0.5) is 13.2 Å². The number of likely N-dealkylation sites (N-methyl/N-ethyl adjacent to an activating group) is 1. The highest BCUT2D eigenvalue weighted by Gasteiger charge is 2.29. The van der Waals surface area contributed by atoms with Crippen molar-refractivity contribution in [2.24, 2.45) is 0 Å². The fraction of sp³-hybridized carbons (Fsp3) is 0.538. The fourth-order valence-corrected chi connectivity index (χ4v) is 1.31. The molecule has 6 heteroatoms. The zero-order valence-electron chi connectivity index (χ0n) is 11.0. The molecule has 0 bridgehead atoms. The van der Waals surface area contributed by atoms with Gasteiger partial charge in [-0.3, -0.25) is 0 Å². The van der Waals surface area contributed by atoms with Crippen LogP contribution in [-0.2, 0) is 10.9 Å². The Morgan fingerprint density at radius 2 is 1.63 bits per heavy atom. The average Bonchev–Trinajstić information content (AvgIpc) is 2.32. The monoisotopic (exact) mass is 277 g/mol. The lowest BCUT2D eigenvalue weighted by molar-refractivity contribution is -0.137. The van der Waals surface area contributed by atoms with Crippen LogP contribution in [0.3, 0.4) is 0 Å². The normalized spacial score (nSPS) is 11.9. The van der Waals surface area contributed by atoms with E-state index in [1.54, 1.807) is 0 Å². The lowest BCUT2D eigenvalue weighted by Crippen LogP contribution is -2.19. The number of halogens is 3. The minimum Gasteiger partial charge on any atom is -0.491 e. The quantitative estimate of drug-likeness (QED) is 0.715. The van der Waals surface area contributed by atoms with Crippen LogP contribution >= 0.6 is 0 Å². The second-order valence-corrected chi connectivity index (χ2v) is 4.29.